The van der Waals surface area contributed by atoms with Crippen LogP contribution in [0.25, 0.3) is 0 Å². The summed E-state index contributed by atoms with van der Waals surface area (Å²) in [6.07, 6.45) is 2.95. The highest BCUT2D eigenvalue weighted by Crippen LogP contribution is 2.22. The number of benzene rings is 1. The molecule has 19 heavy (non-hydrogen) atoms. The van der Waals surface area contributed by atoms with Crippen molar-refractivity contribution in [2.24, 2.45) is 0 Å². The topological polar surface area (TPSA) is 61.4 Å². The monoisotopic (exact) mass is 270 g/mol. The fraction of sp³-hybridized carbons (Fsp3) is 0.462. The number of carbonyl (C=O) groups is 1. The summed E-state index contributed by atoms with van der Waals surface area (Å²) < 4.78 is 27.3. The molecule has 1 heterocycles. The Kier molecular flexibility index (Phi) is 4.31. The molecule has 0 amide bonds. The van der Waals surface area contributed by atoms with Gasteiger partial charge in [-0.25, -0.2) is 13.6 Å². The third-order valence-electron chi connectivity index (χ3n) is 3.22. The van der Waals surface area contributed by atoms with Crippen molar-refractivity contribution < 1.29 is 18.7 Å². The van der Waals surface area contributed by atoms with E-state index in [1.807, 2.05) is 0 Å². The first kappa shape index (κ1) is 13.7. The van der Waals surface area contributed by atoms with E-state index in [4.69, 9.17) is 5.11 Å². The molecule has 0 saturated carbocycles. The predicted molar refractivity (Wildman–Crippen MR) is 67.4 cm³/mol. The second-order valence-corrected chi connectivity index (χ2v) is 4.63. The first-order chi connectivity index (χ1) is 9.09. The van der Waals surface area contributed by atoms with Crippen LogP contribution in [-0.2, 0) is 0 Å². The van der Waals surface area contributed by atoms with E-state index < -0.39 is 23.2 Å². The molecule has 1 fully saturated rings. The van der Waals surface area contributed by atoms with Crippen molar-refractivity contribution in [3.8, 4) is 0 Å². The van der Waals surface area contributed by atoms with Gasteiger partial charge in [0.25, 0.3) is 0 Å². The van der Waals surface area contributed by atoms with Gasteiger partial charge in [0.15, 0.2) is 11.6 Å². The molecule has 0 aliphatic carbocycles. The van der Waals surface area contributed by atoms with Crippen LogP contribution in [0, 0.1) is 11.6 Å². The Bertz CT molecular complexity index is 472. The lowest BCUT2D eigenvalue weighted by atomic mass is 10.1. The third-order valence-corrected chi connectivity index (χ3v) is 3.22. The summed E-state index contributed by atoms with van der Waals surface area (Å²) in [5, 5.41) is 14.8. The summed E-state index contributed by atoms with van der Waals surface area (Å²) in [6, 6.07) is 2.37. The quantitative estimate of drug-likeness (QED) is 0.788. The zero-order valence-corrected chi connectivity index (χ0v) is 10.4. The van der Waals surface area contributed by atoms with E-state index in [9.17, 15) is 13.6 Å². The largest absolute Gasteiger partial charge is 0.478 e. The van der Waals surface area contributed by atoms with Gasteiger partial charge in [-0.2, -0.15) is 0 Å². The lowest BCUT2D eigenvalue weighted by Gasteiger charge is -2.18. The van der Waals surface area contributed by atoms with Crippen molar-refractivity contribution in [3.63, 3.8) is 0 Å². The van der Waals surface area contributed by atoms with Gasteiger partial charge < -0.3 is 15.7 Å². The molecule has 0 radical (unpaired) electrons. The fourth-order valence-corrected chi connectivity index (χ4v) is 2.19. The average Bonchev–Trinajstić information content (AvgIpc) is 2.63. The minimum atomic E-state index is -1.47. The van der Waals surface area contributed by atoms with E-state index in [1.165, 1.54) is 6.07 Å². The van der Waals surface area contributed by atoms with Crippen LogP contribution < -0.4 is 10.6 Å². The second kappa shape index (κ2) is 5.97. The van der Waals surface area contributed by atoms with Crippen molar-refractivity contribution >= 4 is 11.7 Å². The molecule has 1 aromatic rings. The predicted octanol–water partition coefficient (Wildman–Crippen LogP) is 2.22. The molecule has 1 saturated heterocycles. The maximum Gasteiger partial charge on any atom is 0.338 e. The van der Waals surface area contributed by atoms with Gasteiger partial charge in [0.2, 0.25) is 0 Å². The summed E-state index contributed by atoms with van der Waals surface area (Å²) in [7, 11) is 0. The number of halogens is 2. The number of hydrogen-bond acceptors (Lipinski definition) is 3. The van der Waals surface area contributed by atoms with Crippen molar-refractivity contribution in [2.45, 2.75) is 25.3 Å². The standard InChI is InChI=1S/C13H16F2N2O2/c14-11-9(13(18)19)4-5-10(12(11)15)17-8-3-1-2-6-16-7-8/h4-5,8,16-17H,1-3,6-7H2,(H,18,19). The van der Waals surface area contributed by atoms with Crippen LogP contribution in [0.15, 0.2) is 12.1 Å². The average molecular weight is 270 g/mol. The van der Waals surface area contributed by atoms with Crippen LogP contribution >= 0.6 is 0 Å². The van der Waals surface area contributed by atoms with Crippen molar-refractivity contribution in [1.29, 1.82) is 0 Å². The first-order valence-electron chi connectivity index (χ1n) is 6.28. The molecular formula is C13H16F2N2O2. The van der Waals surface area contributed by atoms with E-state index in [1.54, 1.807) is 0 Å². The first-order valence-corrected chi connectivity index (χ1v) is 6.28. The summed E-state index contributed by atoms with van der Waals surface area (Å²) in [6.45, 7) is 1.61. The highest BCUT2D eigenvalue weighted by Gasteiger charge is 2.20. The molecular weight excluding hydrogens is 254 g/mol. The molecule has 1 aliphatic rings. The zero-order valence-electron chi connectivity index (χ0n) is 10.4. The lowest BCUT2D eigenvalue weighted by molar-refractivity contribution is 0.0690. The summed E-state index contributed by atoms with van der Waals surface area (Å²) in [5.41, 5.74) is -0.641. The zero-order chi connectivity index (χ0) is 13.8. The molecule has 1 unspecified atom stereocenters. The second-order valence-electron chi connectivity index (χ2n) is 4.63. The number of nitrogens with one attached hydrogen (secondary N) is 2. The SMILES string of the molecule is O=C(O)c1ccc(NC2CCCCNC2)c(F)c1F. The van der Waals surface area contributed by atoms with Gasteiger partial charge in [0, 0.05) is 12.6 Å². The highest BCUT2D eigenvalue weighted by atomic mass is 19.2. The van der Waals surface area contributed by atoms with Crippen LogP contribution in [0.2, 0.25) is 0 Å². The van der Waals surface area contributed by atoms with Crippen LogP contribution in [0.5, 0.6) is 0 Å². The molecule has 3 N–H and O–H groups in total. The highest BCUT2D eigenvalue weighted by molar-refractivity contribution is 5.88. The van der Waals surface area contributed by atoms with E-state index in [0.29, 0.717) is 6.54 Å². The van der Waals surface area contributed by atoms with Crippen molar-refractivity contribution in [1.82, 2.24) is 5.32 Å². The fourth-order valence-electron chi connectivity index (χ4n) is 2.19. The van der Waals surface area contributed by atoms with Gasteiger partial charge in [-0.05, 0) is 31.5 Å². The van der Waals surface area contributed by atoms with E-state index in [-0.39, 0.29) is 11.7 Å². The van der Waals surface area contributed by atoms with Gasteiger partial charge in [0.05, 0.1) is 11.3 Å². The van der Waals surface area contributed by atoms with Gasteiger partial charge >= 0.3 is 5.97 Å². The Morgan fingerprint density at radius 3 is 2.84 bits per heavy atom. The normalized spacial score (nSPS) is 19.8. The van der Waals surface area contributed by atoms with Gasteiger partial charge in [0.1, 0.15) is 0 Å². The number of anilines is 1. The van der Waals surface area contributed by atoms with Gasteiger partial charge in [-0.15, -0.1) is 0 Å². The molecule has 4 nitrogen and oxygen atoms in total. The number of rotatable bonds is 3. The molecule has 0 bridgehead atoms. The smallest absolute Gasteiger partial charge is 0.338 e. The van der Waals surface area contributed by atoms with Crippen molar-refractivity contribution in [2.75, 3.05) is 18.4 Å². The number of aromatic carboxylic acids is 1. The molecule has 104 valence electrons. The van der Waals surface area contributed by atoms with Crippen molar-refractivity contribution in [3.05, 3.63) is 29.3 Å². The van der Waals surface area contributed by atoms with Crippen LogP contribution in [-0.4, -0.2) is 30.2 Å². The van der Waals surface area contributed by atoms with E-state index in [2.05, 4.69) is 10.6 Å². The molecule has 1 aromatic carbocycles. The molecule has 6 heteroatoms. The van der Waals surface area contributed by atoms with Crippen LogP contribution in [0.4, 0.5) is 14.5 Å². The number of carboxylic acids is 1. The molecule has 0 aromatic heterocycles. The third kappa shape index (κ3) is 3.20. The molecule has 1 atom stereocenters. The minimum Gasteiger partial charge on any atom is -0.478 e. The van der Waals surface area contributed by atoms with Crippen LogP contribution in [0.1, 0.15) is 29.6 Å². The molecule has 1 aliphatic heterocycles. The molecule has 2 rings (SSSR count). The summed E-state index contributed by atoms with van der Waals surface area (Å²) in [5.74, 6) is -3.93. The van der Waals surface area contributed by atoms with E-state index >= 15 is 0 Å². The Labute approximate surface area is 109 Å². The Morgan fingerprint density at radius 1 is 1.32 bits per heavy atom. The van der Waals surface area contributed by atoms with Gasteiger partial charge in [-0.3, -0.25) is 0 Å². The minimum absolute atomic E-state index is 0.0104. The Balaban J connectivity index is 2.16. The maximum atomic E-state index is 13.8. The summed E-state index contributed by atoms with van der Waals surface area (Å²) >= 11 is 0. The van der Waals surface area contributed by atoms with E-state index in [0.717, 1.165) is 31.9 Å². The number of carboxylic acid groups (broad SMARTS) is 1. The molecule has 0 spiro atoms. The number of hydrogen-bond donors (Lipinski definition) is 3. The Morgan fingerprint density at radius 2 is 2.11 bits per heavy atom. The summed E-state index contributed by atoms with van der Waals surface area (Å²) in [4.78, 5) is 10.7. The van der Waals surface area contributed by atoms with Gasteiger partial charge in [-0.1, -0.05) is 6.42 Å². The van der Waals surface area contributed by atoms with Crippen LogP contribution in [0.3, 0.4) is 0 Å². The Hall–Kier alpha value is -1.69. The lowest BCUT2D eigenvalue weighted by Crippen LogP contribution is -2.31. The maximum absolute atomic E-state index is 13.8.